The average Bonchev–Trinajstić information content (AvgIpc) is 2.47. The summed E-state index contributed by atoms with van der Waals surface area (Å²) in [5, 5.41) is 0. The molecule has 0 aromatic heterocycles. The van der Waals surface area contributed by atoms with Gasteiger partial charge in [-0.25, -0.2) is 0 Å². The number of benzene rings is 1. The number of amides is 1. The molecule has 0 radical (unpaired) electrons. The van der Waals surface area contributed by atoms with Crippen molar-refractivity contribution in [3.8, 4) is 0 Å². The Morgan fingerprint density at radius 3 is 2.63 bits per heavy atom. The lowest BCUT2D eigenvalue weighted by Crippen LogP contribution is -2.34. The van der Waals surface area contributed by atoms with Crippen LogP contribution in [0.3, 0.4) is 0 Å². The summed E-state index contributed by atoms with van der Waals surface area (Å²) >= 11 is 0. The molecule has 0 atom stereocenters. The first kappa shape index (κ1) is 13.6. The molecule has 1 aliphatic heterocycles. The molecule has 0 N–H and O–H groups in total. The van der Waals surface area contributed by atoms with Crippen molar-refractivity contribution >= 4 is 17.4 Å². The number of ketones is 1. The lowest BCUT2D eigenvalue weighted by molar-refractivity contribution is -0.151. The van der Waals surface area contributed by atoms with E-state index in [1.807, 2.05) is 0 Å². The Morgan fingerprint density at radius 2 is 1.95 bits per heavy atom. The third kappa shape index (κ3) is 3.13. The number of hydrogen-bond donors (Lipinski definition) is 0. The summed E-state index contributed by atoms with van der Waals surface area (Å²) in [7, 11) is 0. The molecule has 1 aromatic carbocycles. The highest BCUT2D eigenvalue weighted by Gasteiger charge is 2.35. The minimum absolute atomic E-state index is 0.137. The van der Waals surface area contributed by atoms with E-state index < -0.39 is 18.5 Å². The summed E-state index contributed by atoms with van der Waals surface area (Å²) in [6.07, 6.45) is -5.43. The Balaban J connectivity index is 2.33. The van der Waals surface area contributed by atoms with Crippen LogP contribution in [0.2, 0.25) is 0 Å². The average molecular weight is 271 g/mol. The molecule has 6 heteroatoms. The van der Waals surface area contributed by atoms with Gasteiger partial charge in [-0.3, -0.25) is 9.59 Å². The van der Waals surface area contributed by atoms with E-state index in [1.54, 1.807) is 12.1 Å². The number of carbonyl (C=O) groups is 2. The van der Waals surface area contributed by atoms with Gasteiger partial charge in [0.15, 0.2) is 5.78 Å². The lowest BCUT2D eigenvalue weighted by atomic mass is 10.1. The van der Waals surface area contributed by atoms with Crippen molar-refractivity contribution in [3.05, 3.63) is 29.8 Å². The highest BCUT2D eigenvalue weighted by molar-refractivity contribution is 6.06. The molecule has 0 saturated heterocycles. The molecule has 0 unspecified atom stereocenters. The highest BCUT2D eigenvalue weighted by atomic mass is 19.4. The first-order valence-electron chi connectivity index (χ1n) is 5.88. The Labute approximate surface area is 108 Å². The number of para-hydroxylation sites is 1. The minimum atomic E-state index is -4.54. The molecule has 1 aromatic rings. The second-order valence-electron chi connectivity index (χ2n) is 4.38. The minimum Gasteiger partial charge on any atom is -0.311 e. The molecule has 102 valence electrons. The molecule has 3 nitrogen and oxygen atoms in total. The molecule has 1 amide bonds. The van der Waals surface area contributed by atoms with Crippen molar-refractivity contribution in [3.63, 3.8) is 0 Å². The van der Waals surface area contributed by atoms with Gasteiger partial charge in [0.2, 0.25) is 5.91 Å². The number of carbonyl (C=O) groups excluding carboxylic acids is 2. The Morgan fingerprint density at radius 1 is 1.26 bits per heavy atom. The topological polar surface area (TPSA) is 37.4 Å². The van der Waals surface area contributed by atoms with E-state index in [0.717, 1.165) is 4.90 Å². The van der Waals surface area contributed by atoms with Crippen molar-refractivity contribution in [2.24, 2.45) is 0 Å². The van der Waals surface area contributed by atoms with Crippen LogP contribution in [0.15, 0.2) is 24.3 Å². The van der Waals surface area contributed by atoms with Gasteiger partial charge in [0.25, 0.3) is 0 Å². The predicted molar refractivity (Wildman–Crippen MR) is 63.0 cm³/mol. The summed E-state index contributed by atoms with van der Waals surface area (Å²) in [4.78, 5) is 24.6. The zero-order chi connectivity index (χ0) is 14.0. The maximum Gasteiger partial charge on any atom is 0.397 e. The van der Waals surface area contributed by atoms with E-state index in [1.165, 1.54) is 12.1 Å². The van der Waals surface area contributed by atoms with E-state index in [9.17, 15) is 22.8 Å². The third-order valence-electron chi connectivity index (χ3n) is 2.93. The molecule has 2 rings (SSSR count). The van der Waals surface area contributed by atoms with Crippen molar-refractivity contribution in [2.45, 2.75) is 25.4 Å². The molecular weight excluding hydrogens is 259 g/mol. The summed E-state index contributed by atoms with van der Waals surface area (Å²) in [5.74, 6) is -1.16. The maximum atomic E-state index is 12.3. The number of alkyl halides is 3. The number of fused-ring (bicyclic) bond motifs is 1. The molecule has 1 heterocycles. The fraction of sp³-hybridized carbons (Fsp3) is 0.385. The fourth-order valence-electron chi connectivity index (χ4n) is 2.12. The highest BCUT2D eigenvalue weighted by Crippen LogP contribution is 2.29. The van der Waals surface area contributed by atoms with Crippen LogP contribution >= 0.6 is 0 Å². The predicted octanol–water partition coefficient (Wildman–Crippen LogP) is 2.95. The van der Waals surface area contributed by atoms with E-state index in [2.05, 4.69) is 0 Å². The number of Topliss-reactive ketones (excluding diaryl/α,β-unsaturated/α-hetero) is 1. The summed E-state index contributed by atoms with van der Waals surface area (Å²) in [6.45, 7) is 0.137. The van der Waals surface area contributed by atoms with Gasteiger partial charge in [-0.15, -0.1) is 0 Å². The molecule has 0 bridgehead atoms. The molecule has 1 aliphatic rings. The van der Waals surface area contributed by atoms with E-state index in [-0.39, 0.29) is 24.4 Å². The number of halogens is 3. The first-order chi connectivity index (χ1) is 8.88. The molecule has 0 fully saturated rings. The normalized spacial score (nSPS) is 15.9. The Bertz CT molecular complexity index is 511. The van der Waals surface area contributed by atoms with Crippen LogP contribution in [-0.4, -0.2) is 24.4 Å². The molecule has 19 heavy (non-hydrogen) atoms. The van der Waals surface area contributed by atoms with Crippen molar-refractivity contribution in [1.29, 1.82) is 0 Å². The Kier molecular flexibility index (Phi) is 3.59. The number of rotatable bonds is 1. The zero-order valence-electron chi connectivity index (χ0n) is 10.0. The quantitative estimate of drug-likeness (QED) is 0.787. The third-order valence-corrected chi connectivity index (χ3v) is 2.93. The first-order valence-corrected chi connectivity index (χ1v) is 5.88. The van der Waals surface area contributed by atoms with E-state index >= 15 is 0 Å². The van der Waals surface area contributed by atoms with Crippen LogP contribution in [0.1, 0.15) is 29.6 Å². The van der Waals surface area contributed by atoms with Gasteiger partial charge in [-0.1, -0.05) is 12.1 Å². The van der Waals surface area contributed by atoms with Crippen LogP contribution in [0.4, 0.5) is 18.9 Å². The van der Waals surface area contributed by atoms with Crippen LogP contribution in [-0.2, 0) is 4.79 Å². The van der Waals surface area contributed by atoms with Crippen LogP contribution in [0.25, 0.3) is 0 Å². The second kappa shape index (κ2) is 5.03. The Hall–Kier alpha value is -1.85. The van der Waals surface area contributed by atoms with Gasteiger partial charge in [-0.05, 0) is 18.6 Å². The molecule has 0 saturated carbocycles. The van der Waals surface area contributed by atoms with Crippen molar-refractivity contribution in [2.75, 3.05) is 11.4 Å². The number of anilines is 1. The standard InChI is InChI=1S/C13H12F3NO2/c14-13(15,16)8-12(19)17-7-3-6-11(18)9-4-1-2-5-10(9)17/h1-2,4-5H,3,6-8H2. The SMILES string of the molecule is O=C1CCCN(C(=O)CC(F)(F)F)c2ccccc21. The smallest absolute Gasteiger partial charge is 0.311 e. The van der Waals surface area contributed by atoms with Gasteiger partial charge in [-0.2, -0.15) is 13.2 Å². The summed E-state index contributed by atoms with van der Waals surface area (Å²) < 4.78 is 36.9. The van der Waals surface area contributed by atoms with Crippen molar-refractivity contribution < 1.29 is 22.8 Å². The second-order valence-corrected chi connectivity index (χ2v) is 4.38. The molecule has 0 aliphatic carbocycles. The summed E-state index contributed by atoms with van der Waals surface area (Å²) in [6, 6.07) is 6.28. The largest absolute Gasteiger partial charge is 0.397 e. The molecular formula is C13H12F3NO2. The number of nitrogens with zero attached hydrogens (tertiary/aromatic N) is 1. The van der Waals surface area contributed by atoms with Gasteiger partial charge in [0.05, 0.1) is 5.69 Å². The summed E-state index contributed by atoms with van der Waals surface area (Å²) in [5.41, 5.74) is 0.592. The van der Waals surface area contributed by atoms with Crippen LogP contribution in [0.5, 0.6) is 0 Å². The lowest BCUT2D eigenvalue weighted by Gasteiger charge is -2.23. The number of hydrogen-bond acceptors (Lipinski definition) is 2. The van der Waals surface area contributed by atoms with Crippen LogP contribution in [0, 0.1) is 0 Å². The van der Waals surface area contributed by atoms with Gasteiger partial charge < -0.3 is 4.90 Å². The fourth-order valence-corrected chi connectivity index (χ4v) is 2.12. The maximum absolute atomic E-state index is 12.3. The van der Waals surface area contributed by atoms with Crippen molar-refractivity contribution in [1.82, 2.24) is 0 Å². The van der Waals surface area contributed by atoms with Gasteiger partial charge in [0, 0.05) is 18.5 Å². The van der Waals surface area contributed by atoms with Crippen LogP contribution < -0.4 is 4.90 Å². The van der Waals surface area contributed by atoms with E-state index in [0.29, 0.717) is 12.0 Å². The molecule has 0 spiro atoms. The van der Waals surface area contributed by atoms with Gasteiger partial charge >= 0.3 is 6.18 Å². The monoisotopic (exact) mass is 271 g/mol. The van der Waals surface area contributed by atoms with E-state index in [4.69, 9.17) is 0 Å². The van der Waals surface area contributed by atoms with Gasteiger partial charge in [0.1, 0.15) is 6.42 Å². The zero-order valence-corrected chi connectivity index (χ0v) is 10.0.